The third kappa shape index (κ3) is 4.66. The number of hydrogen-bond acceptors (Lipinski definition) is 2. The second-order valence-electron chi connectivity index (χ2n) is 5.15. The van der Waals surface area contributed by atoms with Crippen LogP contribution >= 0.6 is 11.6 Å². The molecule has 0 spiro atoms. The van der Waals surface area contributed by atoms with Gasteiger partial charge in [-0.05, 0) is 43.7 Å². The highest BCUT2D eigenvalue weighted by Gasteiger charge is 2.14. The summed E-state index contributed by atoms with van der Waals surface area (Å²) >= 11 is 5.91. The molecule has 2 rings (SSSR count). The zero-order valence-corrected chi connectivity index (χ0v) is 13.5. The SMILES string of the molecule is Cc1cc(OCC(=O)N[C@H](C)c2ccc(F)cc2F)ccc1Cl. The molecule has 2 aromatic carbocycles. The van der Waals surface area contributed by atoms with Gasteiger partial charge in [-0.2, -0.15) is 0 Å². The highest BCUT2D eigenvalue weighted by atomic mass is 35.5. The molecule has 0 bridgehead atoms. The average Bonchev–Trinajstić information content (AvgIpc) is 2.48. The molecule has 2 aromatic rings. The van der Waals surface area contributed by atoms with Crippen molar-refractivity contribution in [3.05, 3.63) is 64.2 Å². The summed E-state index contributed by atoms with van der Waals surface area (Å²) in [5.41, 5.74) is 1.05. The minimum absolute atomic E-state index is 0.210. The molecule has 1 amide bonds. The number of carbonyl (C=O) groups is 1. The molecule has 3 nitrogen and oxygen atoms in total. The summed E-state index contributed by atoms with van der Waals surface area (Å²) in [5.74, 6) is -1.25. The van der Waals surface area contributed by atoms with Crippen LogP contribution in [0, 0.1) is 18.6 Å². The van der Waals surface area contributed by atoms with Crippen LogP contribution in [0.15, 0.2) is 36.4 Å². The van der Waals surface area contributed by atoms with Crippen LogP contribution in [-0.4, -0.2) is 12.5 Å². The number of benzene rings is 2. The molecule has 0 unspecified atom stereocenters. The lowest BCUT2D eigenvalue weighted by Crippen LogP contribution is -2.31. The van der Waals surface area contributed by atoms with Crippen molar-refractivity contribution in [2.45, 2.75) is 19.9 Å². The third-order valence-corrected chi connectivity index (χ3v) is 3.73. The Kier molecular flexibility index (Phi) is 5.55. The van der Waals surface area contributed by atoms with E-state index in [4.69, 9.17) is 16.3 Å². The van der Waals surface area contributed by atoms with E-state index in [0.717, 1.165) is 17.7 Å². The van der Waals surface area contributed by atoms with Gasteiger partial charge in [-0.3, -0.25) is 4.79 Å². The summed E-state index contributed by atoms with van der Waals surface area (Å²) in [7, 11) is 0. The van der Waals surface area contributed by atoms with Crippen LogP contribution in [0.2, 0.25) is 5.02 Å². The van der Waals surface area contributed by atoms with Gasteiger partial charge in [0.2, 0.25) is 0 Å². The smallest absolute Gasteiger partial charge is 0.258 e. The Balaban J connectivity index is 1.92. The van der Waals surface area contributed by atoms with Crippen LogP contribution in [0.4, 0.5) is 8.78 Å². The minimum atomic E-state index is -0.702. The first kappa shape index (κ1) is 17.2. The third-order valence-electron chi connectivity index (χ3n) is 3.31. The number of rotatable bonds is 5. The lowest BCUT2D eigenvalue weighted by molar-refractivity contribution is -0.123. The molecule has 122 valence electrons. The van der Waals surface area contributed by atoms with Crippen molar-refractivity contribution in [3.8, 4) is 5.75 Å². The summed E-state index contributed by atoms with van der Waals surface area (Å²) in [5, 5.41) is 3.21. The predicted molar refractivity (Wildman–Crippen MR) is 84.6 cm³/mol. The molecule has 0 aliphatic rings. The van der Waals surface area contributed by atoms with Gasteiger partial charge in [0.05, 0.1) is 6.04 Å². The number of halogens is 3. The van der Waals surface area contributed by atoms with Gasteiger partial charge in [-0.25, -0.2) is 8.78 Å². The fourth-order valence-electron chi connectivity index (χ4n) is 2.07. The summed E-state index contributed by atoms with van der Waals surface area (Å²) in [6.07, 6.45) is 0. The van der Waals surface area contributed by atoms with Crippen molar-refractivity contribution >= 4 is 17.5 Å². The molecule has 23 heavy (non-hydrogen) atoms. The van der Waals surface area contributed by atoms with Gasteiger partial charge >= 0.3 is 0 Å². The van der Waals surface area contributed by atoms with Gasteiger partial charge in [-0.1, -0.05) is 17.7 Å². The minimum Gasteiger partial charge on any atom is -0.484 e. The van der Waals surface area contributed by atoms with Crippen molar-refractivity contribution < 1.29 is 18.3 Å². The van der Waals surface area contributed by atoms with Gasteiger partial charge in [-0.15, -0.1) is 0 Å². The molecule has 0 heterocycles. The van der Waals surface area contributed by atoms with Gasteiger partial charge in [0, 0.05) is 16.7 Å². The zero-order chi connectivity index (χ0) is 17.0. The maximum atomic E-state index is 13.6. The normalized spacial score (nSPS) is 11.9. The van der Waals surface area contributed by atoms with Crippen molar-refractivity contribution in [3.63, 3.8) is 0 Å². The Labute approximate surface area is 138 Å². The van der Waals surface area contributed by atoms with Crippen LogP contribution in [-0.2, 0) is 4.79 Å². The molecule has 0 aliphatic carbocycles. The van der Waals surface area contributed by atoms with E-state index in [1.807, 2.05) is 6.92 Å². The molecular weight excluding hydrogens is 324 g/mol. The largest absolute Gasteiger partial charge is 0.484 e. The molecule has 6 heteroatoms. The fraction of sp³-hybridized carbons (Fsp3) is 0.235. The van der Waals surface area contributed by atoms with Gasteiger partial charge in [0.15, 0.2) is 6.61 Å². The van der Waals surface area contributed by atoms with E-state index in [9.17, 15) is 13.6 Å². The highest BCUT2D eigenvalue weighted by molar-refractivity contribution is 6.31. The maximum Gasteiger partial charge on any atom is 0.258 e. The van der Waals surface area contributed by atoms with Crippen molar-refractivity contribution in [1.29, 1.82) is 0 Å². The monoisotopic (exact) mass is 339 g/mol. The molecular formula is C17H16ClF2NO2. The van der Waals surface area contributed by atoms with E-state index in [-0.39, 0.29) is 12.2 Å². The van der Waals surface area contributed by atoms with E-state index in [0.29, 0.717) is 10.8 Å². The average molecular weight is 340 g/mol. The maximum absolute atomic E-state index is 13.6. The Morgan fingerprint density at radius 1 is 1.26 bits per heavy atom. The molecule has 0 radical (unpaired) electrons. The van der Waals surface area contributed by atoms with E-state index < -0.39 is 23.6 Å². The number of aryl methyl sites for hydroxylation is 1. The second-order valence-corrected chi connectivity index (χ2v) is 5.56. The van der Waals surface area contributed by atoms with Crippen molar-refractivity contribution in [2.75, 3.05) is 6.61 Å². The quantitative estimate of drug-likeness (QED) is 0.887. The number of nitrogens with one attached hydrogen (secondary N) is 1. The Bertz CT molecular complexity index is 722. The van der Waals surface area contributed by atoms with Gasteiger partial charge in [0.1, 0.15) is 17.4 Å². The lowest BCUT2D eigenvalue weighted by Gasteiger charge is -2.15. The van der Waals surface area contributed by atoms with Crippen molar-refractivity contribution in [2.24, 2.45) is 0 Å². The molecule has 0 aromatic heterocycles. The number of ether oxygens (including phenoxy) is 1. The predicted octanol–water partition coefficient (Wildman–Crippen LogP) is 4.18. The number of hydrogen-bond donors (Lipinski definition) is 1. The lowest BCUT2D eigenvalue weighted by atomic mass is 10.1. The molecule has 0 fully saturated rings. The second kappa shape index (κ2) is 7.42. The molecule has 0 aliphatic heterocycles. The van der Waals surface area contributed by atoms with Crippen LogP contribution in [0.25, 0.3) is 0 Å². The first-order valence-corrected chi connectivity index (χ1v) is 7.38. The van der Waals surface area contributed by atoms with Crippen LogP contribution in [0.3, 0.4) is 0 Å². The van der Waals surface area contributed by atoms with Crippen LogP contribution in [0.5, 0.6) is 5.75 Å². The summed E-state index contributed by atoms with van der Waals surface area (Å²) < 4.78 is 31.9. The van der Waals surface area contributed by atoms with E-state index >= 15 is 0 Å². The van der Waals surface area contributed by atoms with Crippen LogP contribution < -0.4 is 10.1 Å². The zero-order valence-electron chi connectivity index (χ0n) is 12.7. The summed E-state index contributed by atoms with van der Waals surface area (Å²) in [6, 6.07) is 7.70. The Morgan fingerprint density at radius 2 is 2.00 bits per heavy atom. The summed E-state index contributed by atoms with van der Waals surface area (Å²) in [4.78, 5) is 11.9. The van der Waals surface area contributed by atoms with Crippen molar-refractivity contribution in [1.82, 2.24) is 5.32 Å². The topological polar surface area (TPSA) is 38.3 Å². The Morgan fingerprint density at radius 3 is 2.65 bits per heavy atom. The molecule has 0 saturated carbocycles. The van der Waals surface area contributed by atoms with Gasteiger partial charge in [0.25, 0.3) is 5.91 Å². The Hall–Kier alpha value is -2.14. The van der Waals surface area contributed by atoms with Crippen LogP contribution in [0.1, 0.15) is 24.1 Å². The molecule has 1 N–H and O–H groups in total. The highest BCUT2D eigenvalue weighted by Crippen LogP contribution is 2.21. The standard InChI is InChI=1S/C17H16ClF2NO2/c1-10-7-13(4-6-15(10)18)23-9-17(22)21-11(2)14-5-3-12(19)8-16(14)20/h3-8,11H,9H2,1-2H3,(H,21,22)/t11-/m1/s1. The molecule has 1 atom stereocenters. The molecule has 0 saturated heterocycles. The first-order valence-electron chi connectivity index (χ1n) is 7.00. The van der Waals surface area contributed by atoms with E-state index in [1.165, 1.54) is 6.07 Å². The number of amides is 1. The first-order chi connectivity index (χ1) is 10.9. The number of carbonyl (C=O) groups excluding carboxylic acids is 1. The van der Waals surface area contributed by atoms with E-state index in [1.54, 1.807) is 25.1 Å². The van der Waals surface area contributed by atoms with Gasteiger partial charge < -0.3 is 10.1 Å². The fourth-order valence-corrected chi connectivity index (χ4v) is 2.19. The summed E-state index contributed by atoms with van der Waals surface area (Å²) in [6.45, 7) is 3.23. The van der Waals surface area contributed by atoms with E-state index in [2.05, 4.69) is 5.32 Å².